The van der Waals surface area contributed by atoms with Crippen LogP contribution in [0.1, 0.15) is 73.0 Å². The van der Waals surface area contributed by atoms with Crippen molar-refractivity contribution in [3.05, 3.63) is 35.0 Å². The largest absolute Gasteiger partial charge is 0.358 e. The molecule has 1 heterocycles. The summed E-state index contributed by atoms with van der Waals surface area (Å²) in [4.78, 5) is 15.0. The van der Waals surface area contributed by atoms with Crippen LogP contribution in [0.2, 0.25) is 0 Å². The van der Waals surface area contributed by atoms with Gasteiger partial charge in [0, 0.05) is 22.2 Å². The number of carbonyl (C=O) groups is 1. The van der Waals surface area contributed by atoms with E-state index in [9.17, 15) is 4.79 Å². The van der Waals surface area contributed by atoms with Gasteiger partial charge in [0.05, 0.1) is 0 Å². The molecular weight excluding hydrogens is 234 g/mol. The molecule has 100 valence electrons. The van der Waals surface area contributed by atoms with E-state index in [1.165, 1.54) is 36.9 Å². The minimum Gasteiger partial charge on any atom is -0.358 e. The lowest BCUT2D eigenvalue weighted by Gasteiger charge is -2.07. The van der Waals surface area contributed by atoms with Crippen LogP contribution in [0.5, 0.6) is 0 Å². The predicted molar refractivity (Wildman–Crippen MR) is 79.0 cm³/mol. The number of hydrogen-bond donors (Lipinski definition) is 1. The van der Waals surface area contributed by atoms with E-state index in [-0.39, 0.29) is 0 Å². The molecule has 2 nitrogen and oxygen atoms in total. The van der Waals surface area contributed by atoms with Crippen LogP contribution in [0.3, 0.4) is 0 Å². The van der Waals surface area contributed by atoms with Gasteiger partial charge in [-0.25, -0.2) is 0 Å². The molecule has 2 aromatic rings. The van der Waals surface area contributed by atoms with Gasteiger partial charge in [-0.15, -0.1) is 0 Å². The minimum atomic E-state index is 0.494. The highest BCUT2D eigenvalue weighted by molar-refractivity contribution is 5.99. The standard InChI is InChI=1S/C17H21NO/c1-11(2)13-7-8-16-14(9-13)15(10-19)17(18-16)12-5-3-4-6-12/h7-12,18H,3-6H2,1-2H3. The van der Waals surface area contributed by atoms with Crippen molar-refractivity contribution < 1.29 is 4.79 Å². The zero-order chi connectivity index (χ0) is 13.4. The molecule has 0 amide bonds. The van der Waals surface area contributed by atoms with Gasteiger partial charge >= 0.3 is 0 Å². The Kier molecular flexibility index (Phi) is 3.17. The highest BCUT2D eigenvalue weighted by atomic mass is 16.1. The second-order valence-electron chi connectivity index (χ2n) is 6.01. The average Bonchev–Trinajstić information content (AvgIpc) is 3.04. The summed E-state index contributed by atoms with van der Waals surface area (Å²) in [5.74, 6) is 1.05. The molecule has 0 radical (unpaired) electrons. The summed E-state index contributed by atoms with van der Waals surface area (Å²) in [7, 11) is 0. The number of aldehydes is 1. The Hall–Kier alpha value is -1.57. The predicted octanol–water partition coefficient (Wildman–Crippen LogP) is 4.76. The molecule has 0 bridgehead atoms. The fourth-order valence-corrected chi connectivity index (χ4v) is 3.27. The number of H-pyrrole nitrogens is 1. The van der Waals surface area contributed by atoms with Gasteiger partial charge in [-0.2, -0.15) is 0 Å². The first-order valence-electron chi connectivity index (χ1n) is 7.31. The molecule has 1 aromatic heterocycles. The summed E-state index contributed by atoms with van der Waals surface area (Å²) in [6, 6.07) is 6.46. The Morgan fingerprint density at radius 1 is 1.26 bits per heavy atom. The van der Waals surface area contributed by atoms with E-state index in [1.807, 2.05) is 0 Å². The quantitative estimate of drug-likeness (QED) is 0.788. The number of aromatic nitrogens is 1. The van der Waals surface area contributed by atoms with Crippen molar-refractivity contribution in [1.82, 2.24) is 4.98 Å². The fourth-order valence-electron chi connectivity index (χ4n) is 3.27. The van der Waals surface area contributed by atoms with Gasteiger partial charge in [-0.1, -0.05) is 32.8 Å². The van der Waals surface area contributed by atoms with Gasteiger partial charge in [0.15, 0.2) is 6.29 Å². The monoisotopic (exact) mass is 255 g/mol. The molecule has 2 heteroatoms. The van der Waals surface area contributed by atoms with Crippen molar-refractivity contribution in [3.8, 4) is 0 Å². The van der Waals surface area contributed by atoms with Crippen LogP contribution in [-0.4, -0.2) is 11.3 Å². The zero-order valence-electron chi connectivity index (χ0n) is 11.7. The van der Waals surface area contributed by atoms with Crippen LogP contribution in [0.4, 0.5) is 0 Å². The number of fused-ring (bicyclic) bond motifs is 1. The molecular formula is C17H21NO. The van der Waals surface area contributed by atoms with Gasteiger partial charge in [0.2, 0.25) is 0 Å². The summed E-state index contributed by atoms with van der Waals surface area (Å²) < 4.78 is 0. The van der Waals surface area contributed by atoms with Crippen LogP contribution in [-0.2, 0) is 0 Å². The first-order valence-corrected chi connectivity index (χ1v) is 7.31. The Morgan fingerprint density at radius 3 is 2.63 bits per heavy atom. The van der Waals surface area contributed by atoms with Crippen molar-refractivity contribution in [2.24, 2.45) is 0 Å². The second kappa shape index (κ2) is 4.84. The van der Waals surface area contributed by atoms with Gasteiger partial charge in [-0.3, -0.25) is 4.79 Å². The molecule has 1 aliphatic carbocycles. The molecule has 0 spiro atoms. The zero-order valence-corrected chi connectivity index (χ0v) is 11.7. The maximum Gasteiger partial charge on any atom is 0.152 e. The Labute approximate surface area is 114 Å². The van der Waals surface area contributed by atoms with Gasteiger partial charge in [0.25, 0.3) is 0 Å². The third-order valence-electron chi connectivity index (χ3n) is 4.44. The molecule has 1 fully saturated rings. The molecule has 0 atom stereocenters. The van der Waals surface area contributed by atoms with Crippen molar-refractivity contribution in [1.29, 1.82) is 0 Å². The second-order valence-corrected chi connectivity index (χ2v) is 6.01. The van der Waals surface area contributed by atoms with E-state index in [0.717, 1.165) is 22.8 Å². The molecule has 19 heavy (non-hydrogen) atoms. The maximum absolute atomic E-state index is 11.5. The lowest BCUT2D eigenvalue weighted by Crippen LogP contribution is -1.96. The molecule has 1 aliphatic rings. The first-order chi connectivity index (χ1) is 9.20. The Balaban J connectivity index is 2.15. The van der Waals surface area contributed by atoms with Crippen LogP contribution in [0.15, 0.2) is 18.2 Å². The van der Waals surface area contributed by atoms with Crippen LogP contribution in [0.25, 0.3) is 10.9 Å². The molecule has 0 unspecified atom stereocenters. The summed E-state index contributed by atoms with van der Waals surface area (Å²) in [6.45, 7) is 4.37. The molecule has 0 saturated heterocycles. The van der Waals surface area contributed by atoms with Gasteiger partial charge < -0.3 is 4.98 Å². The summed E-state index contributed by atoms with van der Waals surface area (Å²) in [5, 5.41) is 1.10. The average molecular weight is 255 g/mol. The van der Waals surface area contributed by atoms with Crippen molar-refractivity contribution in [2.45, 2.75) is 51.4 Å². The number of aromatic amines is 1. The van der Waals surface area contributed by atoms with Crippen LogP contribution >= 0.6 is 0 Å². The van der Waals surface area contributed by atoms with Crippen molar-refractivity contribution >= 4 is 17.2 Å². The fraction of sp³-hybridized carbons (Fsp3) is 0.471. The number of carbonyl (C=O) groups excluding carboxylic acids is 1. The number of nitrogens with one attached hydrogen (secondary N) is 1. The van der Waals surface area contributed by atoms with E-state index in [2.05, 4.69) is 37.0 Å². The molecule has 1 saturated carbocycles. The van der Waals surface area contributed by atoms with E-state index < -0.39 is 0 Å². The molecule has 1 aromatic carbocycles. The van der Waals surface area contributed by atoms with Gasteiger partial charge in [-0.05, 0) is 42.4 Å². The van der Waals surface area contributed by atoms with E-state index >= 15 is 0 Å². The third kappa shape index (κ3) is 2.09. The smallest absolute Gasteiger partial charge is 0.152 e. The van der Waals surface area contributed by atoms with Crippen LogP contribution < -0.4 is 0 Å². The highest BCUT2D eigenvalue weighted by Gasteiger charge is 2.23. The lowest BCUT2D eigenvalue weighted by molar-refractivity contribution is 0.112. The number of benzene rings is 1. The van der Waals surface area contributed by atoms with Crippen molar-refractivity contribution in [2.75, 3.05) is 0 Å². The molecule has 3 rings (SSSR count). The van der Waals surface area contributed by atoms with Gasteiger partial charge in [0.1, 0.15) is 0 Å². The third-order valence-corrected chi connectivity index (χ3v) is 4.44. The molecule has 1 N–H and O–H groups in total. The van der Waals surface area contributed by atoms with Crippen molar-refractivity contribution in [3.63, 3.8) is 0 Å². The maximum atomic E-state index is 11.5. The highest BCUT2D eigenvalue weighted by Crippen LogP contribution is 2.37. The Bertz CT molecular complexity index is 603. The molecule has 0 aliphatic heterocycles. The first kappa shape index (κ1) is 12.5. The summed E-state index contributed by atoms with van der Waals surface area (Å²) >= 11 is 0. The number of hydrogen-bond acceptors (Lipinski definition) is 1. The summed E-state index contributed by atoms with van der Waals surface area (Å²) in [6.07, 6.45) is 6.04. The number of rotatable bonds is 3. The van der Waals surface area contributed by atoms with E-state index in [0.29, 0.717) is 11.8 Å². The normalized spacial score (nSPS) is 16.6. The Morgan fingerprint density at radius 2 is 2.00 bits per heavy atom. The topological polar surface area (TPSA) is 32.9 Å². The SMILES string of the molecule is CC(C)c1ccc2[nH]c(C3CCCC3)c(C=O)c2c1. The lowest BCUT2D eigenvalue weighted by atomic mass is 9.97. The van der Waals surface area contributed by atoms with E-state index in [1.54, 1.807) is 0 Å². The summed E-state index contributed by atoms with van der Waals surface area (Å²) in [5.41, 5.74) is 4.47. The van der Waals surface area contributed by atoms with Crippen LogP contribution in [0, 0.1) is 0 Å². The minimum absolute atomic E-state index is 0.494. The van der Waals surface area contributed by atoms with E-state index in [4.69, 9.17) is 0 Å².